The van der Waals surface area contributed by atoms with Crippen LogP contribution >= 0.6 is 0 Å². The molecule has 0 aliphatic rings. The normalized spacial score (nSPS) is 11.1. The lowest BCUT2D eigenvalue weighted by molar-refractivity contribution is 0.0693. The second-order valence-electron chi connectivity index (χ2n) is 3.61. The summed E-state index contributed by atoms with van der Waals surface area (Å²) in [5.41, 5.74) is -0.257. The van der Waals surface area contributed by atoms with Crippen molar-refractivity contribution in [1.29, 1.82) is 0 Å². The Morgan fingerprint density at radius 3 is 2.75 bits per heavy atom. The third-order valence-electron chi connectivity index (χ3n) is 2.36. The predicted octanol–water partition coefficient (Wildman–Crippen LogP) is 0.312. The number of nitrogens with zero attached hydrogens (tertiary/aromatic N) is 2. The molecule has 0 atom stereocenters. The molecule has 3 N–H and O–H groups in total. The number of hydrogen-bond acceptors (Lipinski definition) is 6. The summed E-state index contributed by atoms with van der Waals surface area (Å²) in [6.07, 6.45) is 1.13. The minimum atomic E-state index is -3.97. The van der Waals surface area contributed by atoms with Crippen LogP contribution in [0.5, 0.6) is 5.75 Å². The second kappa shape index (κ2) is 5.17. The Hall–Kier alpha value is -2.62. The Balaban J connectivity index is 2.42. The fraction of sp³-hybridized carbons (Fsp3) is 0.100. The minimum Gasteiger partial charge on any atom is -0.496 e. The van der Waals surface area contributed by atoms with E-state index in [1.54, 1.807) is 0 Å². The quantitative estimate of drug-likeness (QED) is 0.723. The minimum absolute atomic E-state index is 0.0658. The Bertz CT molecular complexity index is 726. The van der Waals surface area contributed by atoms with Crippen LogP contribution in [0.4, 0.5) is 5.95 Å². The van der Waals surface area contributed by atoms with Crippen LogP contribution in [0.1, 0.15) is 10.4 Å². The number of methoxy groups -OCH3 is 1. The van der Waals surface area contributed by atoms with Gasteiger partial charge in [0.05, 0.1) is 12.0 Å². The average Bonchev–Trinajstić information content (AvgIpc) is 2.89. The van der Waals surface area contributed by atoms with Gasteiger partial charge < -0.3 is 9.84 Å². The number of anilines is 1. The number of ether oxygens (including phenoxy) is 1. The van der Waals surface area contributed by atoms with E-state index in [2.05, 4.69) is 19.9 Å². The third-order valence-corrected chi connectivity index (χ3v) is 3.69. The van der Waals surface area contributed by atoms with E-state index >= 15 is 0 Å². The Morgan fingerprint density at radius 1 is 1.45 bits per heavy atom. The molecule has 1 heterocycles. The molecule has 0 unspecified atom stereocenters. The lowest BCUT2D eigenvalue weighted by Gasteiger charge is -2.08. The standard InChI is InChI=1S/C10H10N4O5S/c1-19-8-3-2-6(4-7(8)9(15)16)20(17,18)14-10-11-5-12-13-10/h2-5H,1H3,(H,15,16)(H2,11,12,13,14). The van der Waals surface area contributed by atoms with E-state index in [0.717, 1.165) is 12.4 Å². The fourth-order valence-electron chi connectivity index (χ4n) is 1.46. The van der Waals surface area contributed by atoms with E-state index in [1.165, 1.54) is 19.2 Å². The molecular formula is C10H10N4O5S. The number of nitrogens with one attached hydrogen (secondary N) is 2. The van der Waals surface area contributed by atoms with Crippen LogP contribution in [-0.4, -0.2) is 41.8 Å². The summed E-state index contributed by atoms with van der Waals surface area (Å²) in [6.45, 7) is 0. The summed E-state index contributed by atoms with van der Waals surface area (Å²) in [7, 11) is -2.67. The number of carboxylic acid groups (broad SMARTS) is 1. The number of hydrogen-bond donors (Lipinski definition) is 3. The van der Waals surface area contributed by atoms with Gasteiger partial charge in [-0.2, -0.15) is 10.1 Å². The van der Waals surface area contributed by atoms with Crippen LogP contribution in [0.25, 0.3) is 0 Å². The molecule has 0 spiro atoms. The highest BCUT2D eigenvalue weighted by molar-refractivity contribution is 7.92. The van der Waals surface area contributed by atoms with Gasteiger partial charge in [-0.05, 0) is 18.2 Å². The molecule has 0 radical (unpaired) electrons. The van der Waals surface area contributed by atoms with E-state index in [1.807, 2.05) is 0 Å². The maximum absolute atomic E-state index is 12.0. The lowest BCUT2D eigenvalue weighted by atomic mass is 10.2. The molecule has 2 aromatic rings. The molecule has 0 fully saturated rings. The van der Waals surface area contributed by atoms with Crippen molar-refractivity contribution in [2.45, 2.75) is 4.90 Å². The number of benzene rings is 1. The number of H-pyrrole nitrogens is 1. The average molecular weight is 298 g/mol. The number of aromatic amines is 1. The molecule has 10 heteroatoms. The van der Waals surface area contributed by atoms with E-state index < -0.39 is 16.0 Å². The van der Waals surface area contributed by atoms with Crippen molar-refractivity contribution in [2.75, 3.05) is 11.8 Å². The number of aromatic carboxylic acids is 1. The number of carboxylic acids is 1. The second-order valence-corrected chi connectivity index (χ2v) is 5.29. The molecule has 0 amide bonds. The molecule has 1 aromatic heterocycles. The number of sulfonamides is 1. The van der Waals surface area contributed by atoms with Gasteiger partial charge in [0.1, 0.15) is 17.6 Å². The Morgan fingerprint density at radius 2 is 2.20 bits per heavy atom. The van der Waals surface area contributed by atoms with Gasteiger partial charge in [-0.1, -0.05) is 0 Å². The van der Waals surface area contributed by atoms with Gasteiger partial charge in [0, 0.05) is 0 Å². The molecule has 1 aromatic carbocycles. The van der Waals surface area contributed by atoms with E-state index in [4.69, 9.17) is 9.84 Å². The van der Waals surface area contributed by atoms with Gasteiger partial charge in [-0.15, -0.1) is 0 Å². The van der Waals surface area contributed by atoms with Crippen molar-refractivity contribution in [3.8, 4) is 5.75 Å². The van der Waals surface area contributed by atoms with Gasteiger partial charge in [-0.25, -0.2) is 23.0 Å². The maximum Gasteiger partial charge on any atom is 0.339 e. The Kier molecular flexibility index (Phi) is 3.57. The first kappa shape index (κ1) is 13.8. The van der Waals surface area contributed by atoms with Gasteiger partial charge >= 0.3 is 5.97 Å². The first-order valence-electron chi connectivity index (χ1n) is 5.23. The molecule has 2 rings (SSSR count). The third kappa shape index (κ3) is 2.69. The largest absolute Gasteiger partial charge is 0.496 e. The van der Waals surface area contributed by atoms with Gasteiger partial charge in [0.2, 0.25) is 5.95 Å². The summed E-state index contributed by atoms with van der Waals surface area (Å²) in [5, 5.41) is 14.8. The monoisotopic (exact) mass is 298 g/mol. The number of aromatic nitrogens is 3. The zero-order valence-corrected chi connectivity index (χ0v) is 11.0. The summed E-state index contributed by atoms with van der Waals surface area (Å²) in [6, 6.07) is 3.49. The van der Waals surface area contributed by atoms with Gasteiger partial charge in [-0.3, -0.25) is 0 Å². The summed E-state index contributed by atoms with van der Waals surface area (Å²) in [4.78, 5) is 14.4. The van der Waals surface area contributed by atoms with Crippen molar-refractivity contribution in [2.24, 2.45) is 0 Å². The van der Waals surface area contributed by atoms with Crippen LogP contribution in [0.2, 0.25) is 0 Å². The fourth-order valence-corrected chi connectivity index (χ4v) is 2.45. The summed E-state index contributed by atoms with van der Waals surface area (Å²) in [5.74, 6) is -1.30. The highest BCUT2D eigenvalue weighted by Gasteiger charge is 2.20. The van der Waals surface area contributed by atoms with Gasteiger partial charge in [0.15, 0.2) is 0 Å². The first-order valence-corrected chi connectivity index (χ1v) is 6.72. The molecule has 0 aliphatic heterocycles. The first-order chi connectivity index (χ1) is 9.44. The summed E-state index contributed by atoms with van der Waals surface area (Å²) >= 11 is 0. The molecule has 9 nitrogen and oxygen atoms in total. The van der Waals surface area contributed by atoms with Crippen LogP contribution in [0.3, 0.4) is 0 Å². The number of rotatable bonds is 5. The highest BCUT2D eigenvalue weighted by atomic mass is 32.2. The molecular weight excluding hydrogens is 288 g/mol. The van der Waals surface area contributed by atoms with Crippen LogP contribution in [-0.2, 0) is 10.0 Å². The maximum atomic E-state index is 12.0. The molecule has 0 aliphatic carbocycles. The highest BCUT2D eigenvalue weighted by Crippen LogP contribution is 2.23. The van der Waals surface area contributed by atoms with Crippen molar-refractivity contribution in [3.63, 3.8) is 0 Å². The Labute approximate surface area is 113 Å². The number of carbonyl (C=O) groups is 1. The predicted molar refractivity (Wildman–Crippen MR) is 67.1 cm³/mol. The van der Waals surface area contributed by atoms with Crippen molar-refractivity contribution >= 4 is 21.9 Å². The van der Waals surface area contributed by atoms with E-state index in [9.17, 15) is 13.2 Å². The summed E-state index contributed by atoms with van der Waals surface area (Å²) < 4.78 is 31.1. The molecule has 0 saturated heterocycles. The molecule has 0 bridgehead atoms. The molecule has 106 valence electrons. The van der Waals surface area contributed by atoms with Gasteiger partial charge in [0.25, 0.3) is 10.0 Å². The molecule has 20 heavy (non-hydrogen) atoms. The van der Waals surface area contributed by atoms with E-state index in [0.29, 0.717) is 0 Å². The SMILES string of the molecule is COc1ccc(S(=O)(=O)Nc2ncn[nH]2)cc1C(=O)O. The van der Waals surface area contributed by atoms with E-state index in [-0.39, 0.29) is 22.2 Å². The smallest absolute Gasteiger partial charge is 0.339 e. The molecule has 0 saturated carbocycles. The van der Waals surface area contributed by atoms with Crippen LogP contribution < -0.4 is 9.46 Å². The zero-order chi connectivity index (χ0) is 14.8. The van der Waals surface area contributed by atoms with Crippen LogP contribution in [0.15, 0.2) is 29.4 Å². The lowest BCUT2D eigenvalue weighted by Crippen LogP contribution is -2.15. The topological polar surface area (TPSA) is 134 Å². The van der Waals surface area contributed by atoms with Crippen molar-refractivity contribution in [1.82, 2.24) is 15.2 Å². The van der Waals surface area contributed by atoms with Crippen molar-refractivity contribution in [3.05, 3.63) is 30.1 Å². The van der Waals surface area contributed by atoms with Crippen LogP contribution in [0, 0.1) is 0 Å². The van der Waals surface area contributed by atoms with Crippen molar-refractivity contribution < 1.29 is 23.1 Å². The zero-order valence-electron chi connectivity index (χ0n) is 10.2.